The van der Waals surface area contributed by atoms with Crippen LogP contribution in [-0.4, -0.2) is 12.6 Å². The lowest BCUT2D eigenvalue weighted by molar-refractivity contribution is 0.371. The van der Waals surface area contributed by atoms with Crippen molar-refractivity contribution in [2.45, 2.75) is 31.7 Å². The van der Waals surface area contributed by atoms with Gasteiger partial charge in [0.2, 0.25) is 0 Å². The van der Waals surface area contributed by atoms with Gasteiger partial charge >= 0.3 is 0 Å². The van der Waals surface area contributed by atoms with E-state index in [4.69, 9.17) is 5.73 Å². The molecule has 1 aromatic carbocycles. The van der Waals surface area contributed by atoms with Crippen molar-refractivity contribution in [2.24, 2.45) is 0 Å². The highest BCUT2D eigenvalue weighted by Crippen LogP contribution is 2.28. The Morgan fingerprint density at radius 2 is 2.29 bits per heavy atom. The highest BCUT2D eigenvalue weighted by atomic mass is 14.9. The molecule has 1 aliphatic rings. The smallest absolute Gasteiger partial charge is 0.0316 e. The molecule has 14 heavy (non-hydrogen) atoms. The van der Waals surface area contributed by atoms with E-state index in [1.807, 2.05) is 12.1 Å². The van der Waals surface area contributed by atoms with Crippen LogP contribution in [0.1, 0.15) is 31.2 Å². The summed E-state index contributed by atoms with van der Waals surface area (Å²) in [5.74, 6) is 0.632. The number of rotatable bonds is 1. The first-order valence-corrected chi connectivity index (χ1v) is 5.36. The quantitative estimate of drug-likeness (QED) is 0.666. The van der Waals surface area contributed by atoms with E-state index < -0.39 is 0 Å². The van der Waals surface area contributed by atoms with E-state index >= 15 is 0 Å². The van der Waals surface area contributed by atoms with Crippen molar-refractivity contribution in [3.63, 3.8) is 0 Å². The van der Waals surface area contributed by atoms with Gasteiger partial charge in [-0.2, -0.15) is 0 Å². The molecule has 0 saturated carbocycles. The van der Waals surface area contributed by atoms with Crippen molar-refractivity contribution >= 4 is 5.69 Å². The summed E-state index contributed by atoms with van der Waals surface area (Å²) in [7, 11) is 0. The second-order valence-electron chi connectivity index (χ2n) is 4.16. The molecule has 1 heterocycles. The van der Waals surface area contributed by atoms with Gasteiger partial charge in [0.25, 0.3) is 0 Å². The first kappa shape index (κ1) is 9.53. The lowest BCUT2D eigenvalue weighted by atomic mass is 9.85. The molecule has 0 aromatic heterocycles. The maximum Gasteiger partial charge on any atom is 0.0316 e. The number of nitrogen functional groups attached to an aromatic ring is 1. The van der Waals surface area contributed by atoms with Crippen molar-refractivity contribution in [3.05, 3.63) is 29.8 Å². The molecule has 2 unspecified atom stereocenters. The Morgan fingerprint density at radius 3 is 3.00 bits per heavy atom. The topological polar surface area (TPSA) is 38.0 Å². The summed E-state index contributed by atoms with van der Waals surface area (Å²) in [6.45, 7) is 3.41. The Morgan fingerprint density at radius 1 is 1.43 bits per heavy atom. The number of anilines is 1. The summed E-state index contributed by atoms with van der Waals surface area (Å²) in [6, 6.07) is 8.86. The monoisotopic (exact) mass is 190 g/mol. The zero-order valence-electron chi connectivity index (χ0n) is 8.66. The first-order valence-electron chi connectivity index (χ1n) is 5.36. The van der Waals surface area contributed by atoms with E-state index in [9.17, 15) is 0 Å². The molecule has 1 aliphatic heterocycles. The van der Waals surface area contributed by atoms with Gasteiger partial charge in [-0.05, 0) is 49.9 Å². The van der Waals surface area contributed by atoms with E-state index in [1.165, 1.54) is 18.4 Å². The molecule has 0 aliphatic carbocycles. The minimum Gasteiger partial charge on any atom is -0.399 e. The van der Waals surface area contributed by atoms with Crippen molar-refractivity contribution in [3.8, 4) is 0 Å². The van der Waals surface area contributed by atoms with Gasteiger partial charge in [-0.15, -0.1) is 0 Å². The average molecular weight is 190 g/mol. The van der Waals surface area contributed by atoms with E-state index in [-0.39, 0.29) is 0 Å². The minimum absolute atomic E-state index is 0.575. The molecule has 1 aromatic rings. The van der Waals surface area contributed by atoms with Gasteiger partial charge in [-0.25, -0.2) is 0 Å². The molecule has 76 valence electrons. The number of nitrogens with one attached hydrogen (secondary N) is 1. The molecule has 1 fully saturated rings. The second-order valence-corrected chi connectivity index (χ2v) is 4.16. The predicted octanol–water partition coefficient (Wildman–Crippen LogP) is 2.12. The summed E-state index contributed by atoms with van der Waals surface area (Å²) in [6.07, 6.45) is 2.54. The second kappa shape index (κ2) is 4.01. The third-order valence-corrected chi connectivity index (χ3v) is 3.10. The number of hydrogen-bond donors (Lipinski definition) is 2. The molecule has 1 saturated heterocycles. The van der Waals surface area contributed by atoms with Crippen LogP contribution in [0.4, 0.5) is 5.69 Å². The highest BCUT2D eigenvalue weighted by molar-refractivity contribution is 5.42. The van der Waals surface area contributed by atoms with Crippen LogP contribution in [-0.2, 0) is 0 Å². The van der Waals surface area contributed by atoms with Gasteiger partial charge < -0.3 is 11.1 Å². The van der Waals surface area contributed by atoms with Crippen LogP contribution in [0.15, 0.2) is 24.3 Å². The Labute approximate surface area is 85.5 Å². The first-order chi connectivity index (χ1) is 6.77. The van der Waals surface area contributed by atoms with Gasteiger partial charge in [-0.1, -0.05) is 12.1 Å². The van der Waals surface area contributed by atoms with Crippen molar-refractivity contribution in [1.82, 2.24) is 5.32 Å². The van der Waals surface area contributed by atoms with E-state index in [0.29, 0.717) is 12.0 Å². The summed E-state index contributed by atoms with van der Waals surface area (Å²) in [5, 5.41) is 3.51. The third kappa shape index (κ3) is 1.90. The van der Waals surface area contributed by atoms with Gasteiger partial charge in [0.05, 0.1) is 0 Å². The minimum atomic E-state index is 0.575. The number of piperidine rings is 1. The number of nitrogens with two attached hydrogens (primary N) is 1. The van der Waals surface area contributed by atoms with Crippen molar-refractivity contribution in [2.75, 3.05) is 12.3 Å². The molecule has 0 spiro atoms. The van der Waals surface area contributed by atoms with Crippen LogP contribution in [0.2, 0.25) is 0 Å². The SMILES string of the molecule is CC1NCCCC1c1cccc(N)c1. The lowest BCUT2D eigenvalue weighted by Gasteiger charge is -2.30. The lowest BCUT2D eigenvalue weighted by Crippen LogP contribution is -2.37. The van der Waals surface area contributed by atoms with Crippen LogP contribution >= 0.6 is 0 Å². The molecule has 2 heteroatoms. The molecule has 3 N–H and O–H groups in total. The zero-order valence-corrected chi connectivity index (χ0v) is 8.66. The predicted molar refractivity (Wildman–Crippen MR) is 60.3 cm³/mol. The highest BCUT2D eigenvalue weighted by Gasteiger charge is 2.22. The van der Waals surface area contributed by atoms with Gasteiger partial charge in [-0.3, -0.25) is 0 Å². The fraction of sp³-hybridized carbons (Fsp3) is 0.500. The average Bonchev–Trinajstić information content (AvgIpc) is 2.18. The van der Waals surface area contributed by atoms with Crippen molar-refractivity contribution in [1.29, 1.82) is 0 Å². The maximum atomic E-state index is 5.79. The third-order valence-electron chi connectivity index (χ3n) is 3.10. The van der Waals surface area contributed by atoms with Crippen LogP contribution in [0.3, 0.4) is 0 Å². The normalized spacial score (nSPS) is 27.5. The van der Waals surface area contributed by atoms with E-state index in [1.54, 1.807) is 0 Å². The Balaban J connectivity index is 2.20. The maximum absolute atomic E-state index is 5.79. The Kier molecular flexibility index (Phi) is 2.73. The molecular formula is C12H18N2. The molecular weight excluding hydrogens is 172 g/mol. The molecule has 0 bridgehead atoms. The van der Waals surface area contributed by atoms with E-state index in [2.05, 4.69) is 24.4 Å². The molecule has 2 rings (SSSR count). The summed E-state index contributed by atoms with van der Waals surface area (Å²) >= 11 is 0. The summed E-state index contributed by atoms with van der Waals surface area (Å²) in [5.41, 5.74) is 8.04. The Bertz CT molecular complexity index is 309. The summed E-state index contributed by atoms with van der Waals surface area (Å²) < 4.78 is 0. The van der Waals surface area contributed by atoms with Crippen LogP contribution in [0.5, 0.6) is 0 Å². The van der Waals surface area contributed by atoms with Gasteiger partial charge in [0, 0.05) is 11.7 Å². The number of benzene rings is 1. The fourth-order valence-corrected chi connectivity index (χ4v) is 2.29. The van der Waals surface area contributed by atoms with Crippen LogP contribution < -0.4 is 11.1 Å². The number of hydrogen-bond acceptors (Lipinski definition) is 2. The molecule has 0 radical (unpaired) electrons. The van der Waals surface area contributed by atoms with Gasteiger partial charge in [0.15, 0.2) is 0 Å². The van der Waals surface area contributed by atoms with E-state index in [0.717, 1.165) is 12.2 Å². The van der Waals surface area contributed by atoms with Crippen LogP contribution in [0.25, 0.3) is 0 Å². The molecule has 0 amide bonds. The van der Waals surface area contributed by atoms with Crippen molar-refractivity contribution < 1.29 is 0 Å². The fourth-order valence-electron chi connectivity index (χ4n) is 2.29. The van der Waals surface area contributed by atoms with Gasteiger partial charge in [0.1, 0.15) is 0 Å². The zero-order chi connectivity index (χ0) is 9.97. The summed E-state index contributed by atoms with van der Waals surface area (Å²) in [4.78, 5) is 0. The largest absolute Gasteiger partial charge is 0.399 e. The molecule has 2 nitrogen and oxygen atoms in total. The standard InChI is InChI=1S/C12H18N2/c1-9-12(6-3-7-14-9)10-4-2-5-11(13)8-10/h2,4-5,8-9,12,14H,3,6-7,13H2,1H3. The Hall–Kier alpha value is -1.02. The van der Waals surface area contributed by atoms with Crippen LogP contribution in [0, 0.1) is 0 Å². The molecule has 2 atom stereocenters.